The highest BCUT2D eigenvalue weighted by Crippen LogP contribution is 2.29. The average molecular weight is 403 g/mol. The number of ketones is 2. The molecule has 0 saturated carbocycles. The maximum absolute atomic E-state index is 13.2. The number of nitrogens with zero attached hydrogens (tertiary/aromatic N) is 1. The molecule has 0 heterocycles. The summed E-state index contributed by atoms with van der Waals surface area (Å²) < 4.78 is 0. The van der Waals surface area contributed by atoms with Crippen LogP contribution in [0.4, 0.5) is 5.69 Å². The largest absolute Gasteiger partial charge is 0.507 e. The zero-order valence-electron chi connectivity index (χ0n) is 17.1. The first-order valence-electron chi connectivity index (χ1n) is 9.96. The van der Waals surface area contributed by atoms with E-state index < -0.39 is 17.7 Å². The van der Waals surface area contributed by atoms with Gasteiger partial charge in [-0.15, -0.1) is 0 Å². The third-order valence-electron chi connectivity index (χ3n) is 5.16. The van der Waals surface area contributed by atoms with E-state index in [1.165, 1.54) is 12.1 Å². The molecule has 0 bridgehead atoms. The van der Waals surface area contributed by atoms with E-state index in [4.69, 9.17) is 0 Å². The molecule has 2 N–H and O–H groups in total. The van der Waals surface area contributed by atoms with E-state index in [-0.39, 0.29) is 22.4 Å². The molecule has 1 atom stereocenters. The lowest BCUT2D eigenvalue weighted by Crippen LogP contribution is -2.21. The van der Waals surface area contributed by atoms with E-state index in [1.807, 2.05) is 13.8 Å². The lowest BCUT2D eigenvalue weighted by molar-refractivity contribution is 0.0744. The minimum atomic E-state index is -1.38. The fourth-order valence-corrected chi connectivity index (χ4v) is 3.47. The van der Waals surface area contributed by atoms with Gasteiger partial charge in [-0.25, -0.2) is 0 Å². The van der Waals surface area contributed by atoms with Crippen molar-refractivity contribution in [3.05, 3.63) is 95.1 Å². The standard InChI is InChI=1S/C25H25NO4/c1-3-26(4-2)18-14-15-21(22(27)16-18)24(29)19-12-8-9-13-20(19)25(30)23(28)17-10-6-5-7-11-17/h5-16,23,27-28H,3-4H2,1-2H3. The molecule has 1 unspecified atom stereocenters. The Hall–Kier alpha value is -3.44. The summed E-state index contributed by atoms with van der Waals surface area (Å²) in [6.07, 6.45) is -1.38. The number of hydrogen-bond acceptors (Lipinski definition) is 5. The van der Waals surface area contributed by atoms with Crippen molar-refractivity contribution in [1.29, 1.82) is 0 Å². The topological polar surface area (TPSA) is 77.8 Å². The van der Waals surface area contributed by atoms with Crippen LogP contribution in [0.2, 0.25) is 0 Å². The zero-order valence-corrected chi connectivity index (χ0v) is 17.1. The Bertz CT molecular complexity index is 1040. The lowest BCUT2D eigenvalue weighted by atomic mass is 9.92. The van der Waals surface area contributed by atoms with Crippen molar-refractivity contribution in [2.75, 3.05) is 18.0 Å². The Labute approximate surface area is 176 Å². The molecule has 0 aromatic heterocycles. The van der Waals surface area contributed by atoms with Crippen molar-refractivity contribution >= 4 is 17.3 Å². The smallest absolute Gasteiger partial charge is 0.197 e. The number of Topliss-reactive ketones (excluding diaryl/α,β-unsaturated/α-hetero) is 1. The minimum absolute atomic E-state index is 0.111. The molecule has 30 heavy (non-hydrogen) atoms. The molecule has 154 valence electrons. The quantitative estimate of drug-likeness (QED) is 0.546. The number of aliphatic hydroxyl groups is 1. The van der Waals surface area contributed by atoms with Gasteiger partial charge in [-0.2, -0.15) is 0 Å². The third kappa shape index (κ3) is 4.26. The molecular formula is C25H25NO4. The van der Waals surface area contributed by atoms with Crippen molar-refractivity contribution in [2.45, 2.75) is 20.0 Å². The van der Waals surface area contributed by atoms with E-state index in [0.717, 1.165) is 18.8 Å². The molecule has 0 radical (unpaired) electrons. The van der Waals surface area contributed by atoms with Crippen molar-refractivity contribution in [3.8, 4) is 5.75 Å². The number of aliphatic hydroxyl groups excluding tert-OH is 1. The second-order valence-corrected chi connectivity index (χ2v) is 6.93. The number of aromatic hydroxyl groups is 1. The SMILES string of the molecule is CCN(CC)c1ccc(C(=O)c2ccccc2C(=O)C(O)c2ccccc2)c(O)c1. The van der Waals surface area contributed by atoms with Crippen molar-refractivity contribution < 1.29 is 19.8 Å². The molecule has 5 nitrogen and oxygen atoms in total. The van der Waals surface area contributed by atoms with Gasteiger partial charge in [0.1, 0.15) is 11.9 Å². The van der Waals surface area contributed by atoms with E-state index in [0.29, 0.717) is 5.56 Å². The van der Waals surface area contributed by atoms with Gasteiger partial charge < -0.3 is 15.1 Å². The van der Waals surface area contributed by atoms with Crippen molar-refractivity contribution in [1.82, 2.24) is 0 Å². The fraction of sp³-hybridized carbons (Fsp3) is 0.200. The van der Waals surface area contributed by atoms with Crippen molar-refractivity contribution in [3.63, 3.8) is 0 Å². The molecule has 5 heteroatoms. The molecule has 0 aliphatic rings. The highest BCUT2D eigenvalue weighted by atomic mass is 16.3. The molecule has 0 saturated heterocycles. The van der Waals surface area contributed by atoms with Gasteiger partial charge in [-0.1, -0.05) is 54.6 Å². The van der Waals surface area contributed by atoms with E-state index in [2.05, 4.69) is 4.90 Å². The summed E-state index contributed by atoms with van der Waals surface area (Å²) in [5.41, 5.74) is 1.64. The van der Waals surface area contributed by atoms with Crippen molar-refractivity contribution in [2.24, 2.45) is 0 Å². The second kappa shape index (κ2) is 9.37. The molecular weight excluding hydrogens is 378 g/mol. The zero-order chi connectivity index (χ0) is 21.7. The number of carbonyl (C=O) groups is 2. The summed E-state index contributed by atoms with van der Waals surface area (Å²) in [5, 5.41) is 21.0. The number of rotatable bonds is 8. The Morgan fingerprint density at radius 2 is 1.43 bits per heavy atom. The normalized spacial score (nSPS) is 11.7. The van der Waals surface area contributed by atoms with Crippen LogP contribution in [0.5, 0.6) is 5.75 Å². The summed E-state index contributed by atoms with van der Waals surface area (Å²) in [6.45, 7) is 5.58. The van der Waals surface area contributed by atoms with Gasteiger partial charge in [-0.05, 0) is 31.5 Å². The summed E-state index contributed by atoms with van der Waals surface area (Å²) in [5.74, 6) is -1.18. The molecule has 3 rings (SSSR count). The number of phenols is 1. The first-order valence-corrected chi connectivity index (χ1v) is 9.96. The van der Waals surface area contributed by atoms with Gasteiger partial charge in [-0.3, -0.25) is 9.59 Å². The Morgan fingerprint density at radius 1 is 0.833 bits per heavy atom. The Morgan fingerprint density at radius 3 is 2.03 bits per heavy atom. The maximum Gasteiger partial charge on any atom is 0.197 e. The van der Waals surface area contributed by atoms with E-state index in [9.17, 15) is 19.8 Å². The highest BCUT2D eigenvalue weighted by Gasteiger charge is 2.25. The van der Waals surface area contributed by atoms with Crippen LogP contribution >= 0.6 is 0 Å². The molecule has 3 aromatic rings. The van der Waals surface area contributed by atoms with Gasteiger partial charge >= 0.3 is 0 Å². The van der Waals surface area contributed by atoms with Gasteiger partial charge in [0.15, 0.2) is 11.6 Å². The molecule has 0 aliphatic carbocycles. The maximum atomic E-state index is 13.2. The van der Waals surface area contributed by atoms with Crippen LogP contribution in [-0.4, -0.2) is 34.9 Å². The van der Waals surface area contributed by atoms with E-state index in [1.54, 1.807) is 60.7 Å². The predicted molar refractivity (Wildman–Crippen MR) is 117 cm³/mol. The molecule has 3 aromatic carbocycles. The van der Waals surface area contributed by atoms with Crippen LogP contribution in [0.25, 0.3) is 0 Å². The van der Waals surface area contributed by atoms with Crippen LogP contribution in [0.1, 0.15) is 51.8 Å². The van der Waals surface area contributed by atoms with Gasteiger partial charge in [0.25, 0.3) is 0 Å². The molecule has 0 amide bonds. The Balaban J connectivity index is 1.96. The number of anilines is 1. The monoisotopic (exact) mass is 403 g/mol. The average Bonchev–Trinajstić information content (AvgIpc) is 2.79. The predicted octanol–water partition coefficient (Wildman–Crippen LogP) is 4.39. The first-order chi connectivity index (χ1) is 14.5. The van der Waals surface area contributed by atoms with Gasteiger partial charge in [0.05, 0.1) is 5.56 Å². The minimum Gasteiger partial charge on any atom is -0.507 e. The molecule has 0 aliphatic heterocycles. The summed E-state index contributed by atoms with van der Waals surface area (Å²) in [7, 11) is 0. The Kier molecular flexibility index (Phi) is 6.65. The van der Waals surface area contributed by atoms with Crippen LogP contribution in [0, 0.1) is 0 Å². The summed E-state index contributed by atoms with van der Waals surface area (Å²) >= 11 is 0. The summed E-state index contributed by atoms with van der Waals surface area (Å²) in [4.78, 5) is 28.2. The summed E-state index contributed by atoms with van der Waals surface area (Å²) in [6, 6.07) is 19.8. The lowest BCUT2D eigenvalue weighted by Gasteiger charge is -2.21. The fourth-order valence-electron chi connectivity index (χ4n) is 3.47. The number of benzene rings is 3. The molecule has 0 spiro atoms. The van der Waals surface area contributed by atoms with Crippen LogP contribution in [0.3, 0.4) is 0 Å². The first kappa shape index (κ1) is 21.3. The molecule has 0 fully saturated rings. The van der Waals surface area contributed by atoms with Gasteiger partial charge in [0.2, 0.25) is 0 Å². The number of phenolic OH excluding ortho intramolecular Hbond substituents is 1. The van der Waals surface area contributed by atoms with Crippen LogP contribution < -0.4 is 4.90 Å². The van der Waals surface area contributed by atoms with E-state index >= 15 is 0 Å². The van der Waals surface area contributed by atoms with Crippen LogP contribution in [0.15, 0.2) is 72.8 Å². The van der Waals surface area contributed by atoms with Crippen LogP contribution in [-0.2, 0) is 0 Å². The number of carbonyl (C=O) groups excluding carboxylic acids is 2. The highest BCUT2D eigenvalue weighted by molar-refractivity contribution is 6.17. The van der Waals surface area contributed by atoms with Gasteiger partial charge in [0, 0.05) is 36.0 Å². The number of hydrogen-bond donors (Lipinski definition) is 2. The third-order valence-corrected chi connectivity index (χ3v) is 5.16. The second-order valence-electron chi connectivity index (χ2n) is 6.93.